The molecule has 0 aromatic heterocycles. The molecule has 0 aliphatic heterocycles. The van der Waals surface area contributed by atoms with Crippen molar-refractivity contribution in [3.05, 3.63) is 129 Å². The summed E-state index contributed by atoms with van der Waals surface area (Å²) in [5, 5.41) is 19.2. The molecule has 1 unspecified atom stereocenters. The third kappa shape index (κ3) is 8.69. The van der Waals surface area contributed by atoms with Gasteiger partial charge < -0.3 is 20.7 Å². The first-order valence-electron chi connectivity index (χ1n) is 13.2. The second-order valence-corrected chi connectivity index (χ2v) is 11.1. The number of nitro benzene ring substituents is 1. The minimum absolute atomic E-state index is 0.0601. The summed E-state index contributed by atoms with van der Waals surface area (Å²) in [6.07, 6.45) is 1.43. The second kappa shape index (κ2) is 14.9. The normalized spacial score (nSPS) is 11.7. The van der Waals surface area contributed by atoms with E-state index in [9.17, 15) is 24.5 Å². The highest BCUT2D eigenvalue weighted by Crippen LogP contribution is 2.29. The molecule has 0 heterocycles. The van der Waals surface area contributed by atoms with Crippen LogP contribution in [0.5, 0.6) is 5.75 Å². The average molecular weight is 631 g/mol. The molecule has 0 aliphatic carbocycles. The number of rotatable bonds is 11. The molecule has 3 N–H and O–H groups in total. The predicted octanol–water partition coefficient (Wildman–Crippen LogP) is 6.79. The summed E-state index contributed by atoms with van der Waals surface area (Å²) in [5.74, 6) is -0.806. The Balaban J connectivity index is 1.43. The van der Waals surface area contributed by atoms with Crippen molar-refractivity contribution in [3.63, 3.8) is 0 Å². The molecular weight excluding hydrogens is 604 g/mol. The number of nitro groups is 1. The Hall–Kier alpha value is -5.13. The minimum atomic E-state index is -0.598. The van der Waals surface area contributed by atoms with E-state index in [1.165, 1.54) is 49.2 Å². The molecule has 1 atom stereocenters. The van der Waals surface area contributed by atoms with E-state index < -0.39 is 22.0 Å². The highest BCUT2D eigenvalue weighted by atomic mass is 35.5. The van der Waals surface area contributed by atoms with E-state index in [0.29, 0.717) is 33.3 Å². The lowest BCUT2D eigenvalue weighted by Gasteiger charge is -2.14. The first kappa shape index (κ1) is 31.8. The number of carbonyl (C=O) groups is 3. The SMILES string of the molecule is COc1ccc(NC(=O)C(C)Sc2ccc(NC(=O)/C(=C/c3ccc([N+](=O)[O-])cc3)NC(=O)c3ccccc3)cc2)cc1Cl. The largest absolute Gasteiger partial charge is 0.495 e. The lowest BCUT2D eigenvalue weighted by molar-refractivity contribution is -0.384. The first-order chi connectivity index (χ1) is 21.1. The molecule has 0 bridgehead atoms. The first-order valence-corrected chi connectivity index (χ1v) is 14.4. The summed E-state index contributed by atoms with van der Waals surface area (Å²) in [5.41, 5.74) is 1.66. The van der Waals surface area contributed by atoms with Crippen molar-refractivity contribution in [1.82, 2.24) is 5.32 Å². The Morgan fingerprint density at radius 2 is 1.57 bits per heavy atom. The van der Waals surface area contributed by atoms with Gasteiger partial charge in [-0.1, -0.05) is 29.8 Å². The van der Waals surface area contributed by atoms with Crippen LogP contribution in [0.2, 0.25) is 5.02 Å². The number of benzene rings is 4. The van der Waals surface area contributed by atoms with Gasteiger partial charge in [-0.05, 0) is 85.3 Å². The summed E-state index contributed by atoms with van der Waals surface area (Å²) >= 11 is 7.47. The number of nitrogens with one attached hydrogen (secondary N) is 3. The number of methoxy groups -OCH3 is 1. The maximum absolute atomic E-state index is 13.3. The van der Waals surface area contributed by atoms with Crippen LogP contribution in [0.4, 0.5) is 17.1 Å². The summed E-state index contributed by atoms with van der Waals surface area (Å²) in [4.78, 5) is 50.1. The fourth-order valence-corrected chi connectivity index (χ4v) is 4.99. The van der Waals surface area contributed by atoms with Crippen molar-refractivity contribution >= 4 is 64.2 Å². The Kier molecular flexibility index (Phi) is 10.7. The molecule has 44 heavy (non-hydrogen) atoms. The van der Waals surface area contributed by atoms with Gasteiger partial charge >= 0.3 is 0 Å². The van der Waals surface area contributed by atoms with E-state index in [1.807, 2.05) is 0 Å². The predicted molar refractivity (Wildman–Crippen MR) is 172 cm³/mol. The van der Waals surface area contributed by atoms with Crippen molar-refractivity contribution in [2.45, 2.75) is 17.1 Å². The number of amides is 3. The van der Waals surface area contributed by atoms with Gasteiger partial charge in [0.15, 0.2) is 0 Å². The van der Waals surface area contributed by atoms with E-state index in [4.69, 9.17) is 16.3 Å². The summed E-state index contributed by atoms with van der Waals surface area (Å²) in [7, 11) is 1.51. The number of non-ortho nitro benzene ring substituents is 1. The van der Waals surface area contributed by atoms with E-state index in [-0.39, 0.29) is 17.3 Å². The highest BCUT2D eigenvalue weighted by Gasteiger charge is 2.18. The number of hydrogen-bond donors (Lipinski definition) is 3. The molecule has 0 fully saturated rings. The van der Waals surface area contributed by atoms with Crippen LogP contribution in [-0.4, -0.2) is 35.0 Å². The van der Waals surface area contributed by atoms with Gasteiger partial charge in [0.25, 0.3) is 17.5 Å². The number of ether oxygens (including phenoxy) is 1. The van der Waals surface area contributed by atoms with E-state index in [2.05, 4.69) is 16.0 Å². The van der Waals surface area contributed by atoms with Crippen molar-refractivity contribution in [3.8, 4) is 5.75 Å². The Morgan fingerprint density at radius 1 is 0.909 bits per heavy atom. The molecule has 10 nitrogen and oxygen atoms in total. The molecule has 0 spiro atoms. The summed E-state index contributed by atoms with van der Waals surface area (Å²) < 4.78 is 5.13. The van der Waals surface area contributed by atoms with Crippen LogP contribution in [0.15, 0.2) is 108 Å². The molecule has 4 aromatic carbocycles. The van der Waals surface area contributed by atoms with Crippen molar-refractivity contribution in [2.75, 3.05) is 17.7 Å². The number of thioether (sulfide) groups is 1. The lowest BCUT2D eigenvalue weighted by atomic mass is 10.1. The Labute approximate surface area is 262 Å². The summed E-state index contributed by atoms with van der Waals surface area (Å²) in [6, 6.07) is 25.8. The quantitative estimate of drug-likeness (QED) is 0.0718. The Morgan fingerprint density at radius 3 is 2.18 bits per heavy atom. The van der Waals surface area contributed by atoms with Crippen molar-refractivity contribution < 1.29 is 24.0 Å². The number of anilines is 2. The molecule has 3 amide bonds. The van der Waals surface area contributed by atoms with Crippen LogP contribution in [0, 0.1) is 10.1 Å². The molecule has 224 valence electrons. The monoisotopic (exact) mass is 630 g/mol. The van der Waals surface area contributed by atoms with Gasteiger partial charge in [0.1, 0.15) is 11.4 Å². The van der Waals surface area contributed by atoms with Crippen LogP contribution in [-0.2, 0) is 9.59 Å². The van der Waals surface area contributed by atoms with Crippen molar-refractivity contribution in [2.24, 2.45) is 0 Å². The van der Waals surface area contributed by atoms with E-state index in [0.717, 1.165) is 4.90 Å². The smallest absolute Gasteiger partial charge is 0.272 e. The maximum Gasteiger partial charge on any atom is 0.272 e. The zero-order valence-electron chi connectivity index (χ0n) is 23.6. The van der Waals surface area contributed by atoms with Gasteiger partial charge in [0.05, 0.1) is 22.3 Å². The van der Waals surface area contributed by atoms with Crippen LogP contribution < -0.4 is 20.7 Å². The number of hydrogen-bond acceptors (Lipinski definition) is 7. The van der Waals surface area contributed by atoms with Crippen LogP contribution in [0.25, 0.3) is 6.08 Å². The third-order valence-electron chi connectivity index (χ3n) is 6.16. The standard InChI is InChI=1S/C32H27ClN4O6S/c1-20(30(38)35-24-12-17-29(43-2)27(33)19-24)44-26-15-10-23(11-16-26)34-32(40)28(36-31(39)22-6-4-3-5-7-22)18-21-8-13-25(14-9-21)37(41)42/h3-20H,1-2H3,(H,34,40)(H,35,38)(H,36,39)/b28-18-. The molecule has 4 aromatic rings. The van der Waals surface area contributed by atoms with Crippen LogP contribution in [0.1, 0.15) is 22.8 Å². The second-order valence-electron chi connectivity index (χ2n) is 9.30. The van der Waals surface area contributed by atoms with Gasteiger partial charge in [0.2, 0.25) is 5.91 Å². The fourth-order valence-electron chi connectivity index (χ4n) is 3.86. The van der Waals surface area contributed by atoms with Crippen molar-refractivity contribution in [1.29, 1.82) is 0 Å². The Bertz CT molecular complexity index is 1700. The lowest BCUT2D eigenvalue weighted by Crippen LogP contribution is -2.30. The average Bonchev–Trinajstić information content (AvgIpc) is 3.02. The number of halogens is 1. The number of nitrogens with zero attached hydrogens (tertiary/aromatic N) is 1. The molecule has 4 rings (SSSR count). The molecule has 0 radical (unpaired) electrons. The molecule has 12 heteroatoms. The third-order valence-corrected chi connectivity index (χ3v) is 7.56. The molecular formula is C32H27ClN4O6S. The fraction of sp³-hybridized carbons (Fsp3) is 0.0938. The minimum Gasteiger partial charge on any atom is -0.495 e. The zero-order valence-corrected chi connectivity index (χ0v) is 25.1. The molecule has 0 aliphatic rings. The maximum atomic E-state index is 13.3. The zero-order chi connectivity index (χ0) is 31.6. The topological polar surface area (TPSA) is 140 Å². The van der Waals surface area contributed by atoms with Gasteiger partial charge in [-0.25, -0.2) is 0 Å². The van der Waals surface area contributed by atoms with Crippen LogP contribution >= 0.6 is 23.4 Å². The summed E-state index contributed by atoms with van der Waals surface area (Å²) in [6.45, 7) is 1.77. The van der Waals surface area contributed by atoms with Gasteiger partial charge in [0, 0.05) is 34.0 Å². The van der Waals surface area contributed by atoms with Gasteiger partial charge in [-0.2, -0.15) is 0 Å². The van der Waals surface area contributed by atoms with Gasteiger partial charge in [-0.15, -0.1) is 11.8 Å². The molecule has 0 saturated heterocycles. The van der Waals surface area contributed by atoms with Gasteiger partial charge in [-0.3, -0.25) is 24.5 Å². The molecule has 0 saturated carbocycles. The number of carbonyl (C=O) groups excluding carboxylic acids is 3. The van der Waals surface area contributed by atoms with E-state index >= 15 is 0 Å². The highest BCUT2D eigenvalue weighted by molar-refractivity contribution is 8.00. The van der Waals surface area contributed by atoms with Crippen LogP contribution in [0.3, 0.4) is 0 Å². The van der Waals surface area contributed by atoms with E-state index in [1.54, 1.807) is 79.7 Å².